The van der Waals surface area contributed by atoms with E-state index in [4.69, 9.17) is 4.74 Å². The summed E-state index contributed by atoms with van der Waals surface area (Å²) in [7, 11) is -2.10. The Morgan fingerprint density at radius 3 is 2.35 bits per heavy atom. The minimum atomic E-state index is -3.63. The van der Waals surface area contributed by atoms with E-state index in [0.717, 1.165) is 44.9 Å². The van der Waals surface area contributed by atoms with Crippen LogP contribution >= 0.6 is 0 Å². The number of nitrogens with one attached hydrogen (secondary N) is 1. The van der Waals surface area contributed by atoms with E-state index < -0.39 is 10.0 Å². The van der Waals surface area contributed by atoms with Crippen molar-refractivity contribution >= 4 is 15.9 Å². The quantitative estimate of drug-likeness (QED) is 0.657. The Balaban J connectivity index is 0.00000240. The number of nitrogens with zero attached hydrogens (tertiary/aromatic N) is 1. The fourth-order valence-electron chi connectivity index (χ4n) is 4.47. The maximum Gasteiger partial charge on any atom is 0.243 e. The third kappa shape index (κ3) is 7.21. The van der Waals surface area contributed by atoms with Crippen LogP contribution in [0, 0.1) is 5.92 Å². The van der Waals surface area contributed by atoms with Gasteiger partial charge in [0.05, 0.1) is 12.0 Å². The fraction of sp³-hybridized carbons (Fsp3) is 0.708. The van der Waals surface area contributed by atoms with Gasteiger partial charge in [-0.05, 0) is 37.8 Å². The summed E-state index contributed by atoms with van der Waals surface area (Å²) >= 11 is 0. The minimum absolute atomic E-state index is 0. The molecule has 6 nitrogen and oxygen atoms in total. The highest BCUT2D eigenvalue weighted by molar-refractivity contribution is 7.89. The number of benzene rings is 1. The molecule has 3 rings (SSSR count). The Bertz CT molecular complexity index is 774. The molecule has 1 saturated heterocycles. The summed E-state index contributed by atoms with van der Waals surface area (Å²) in [5, 5.41) is 3.08. The average molecular weight is 455 g/mol. The number of sulfonamides is 1. The van der Waals surface area contributed by atoms with Crippen molar-refractivity contribution in [3.05, 3.63) is 24.3 Å². The molecule has 178 valence electrons. The Morgan fingerprint density at radius 2 is 1.68 bits per heavy atom. The van der Waals surface area contributed by atoms with Crippen LogP contribution in [-0.4, -0.2) is 44.9 Å². The number of ether oxygens (including phenoxy) is 1. The molecule has 1 aliphatic carbocycles. The average Bonchev–Trinajstić information content (AvgIpc) is 2.72. The summed E-state index contributed by atoms with van der Waals surface area (Å²) in [5.41, 5.74) is 0. The molecule has 0 bridgehead atoms. The zero-order chi connectivity index (χ0) is 20.7. The maximum absolute atomic E-state index is 13.3. The highest BCUT2D eigenvalue weighted by Crippen LogP contribution is 2.27. The van der Waals surface area contributed by atoms with Crippen molar-refractivity contribution in [1.29, 1.82) is 0 Å². The number of hydrogen-bond donors (Lipinski definition) is 1. The van der Waals surface area contributed by atoms with Crippen molar-refractivity contribution in [3.63, 3.8) is 0 Å². The molecule has 1 aromatic carbocycles. The lowest BCUT2D eigenvalue weighted by Gasteiger charge is -2.35. The zero-order valence-electron chi connectivity index (χ0n) is 17.4. The normalized spacial score (nSPS) is 21.0. The van der Waals surface area contributed by atoms with Crippen LogP contribution in [0.25, 0.3) is 0 Å². The van der Waals surface area contributed by atoms with Gasteiger partial charge < -0.3 is 10.1 Å². The molecule has 0 spiro atoms. The molecule has 0 radical (unpaired) electrons. The predicted octanol–water partition coefficient (Wildman–Crippen LogP) is 4.99. The number of carbonyl (C=O) groups excluding carboxylic acids is 1. The van der Waals surface area contributed by atoms with Gasteiger partial charge in [-0.25, -0.2) is 8.42 Å². The van der Waals surface area contributed by atoms with E-state index in [-0.39, 0.29) is 37.6 Å². The molecule has 1 unspecified atom stereocenters. The summed E-state index contributed by atoms with van der Waals surface area (Å²) in [6.45, 7) is 0.877. The second kappa shape index (κ2) is 13.1. The third-order valence-electron chi connectivity index (χ3n) is 6.21. The van der Waals surface area contributed by atoms with Gasteiger partial charge in [-0.15, -0.1) is 0 Å². The highest BCUT2D eigenvalue weighted by Gasteiger charge is 2.34. The summed E-state index contributed by atoms with van der Waals surface area (Å²) in [5.74, 6) is 0.691. The van der Waals surface area contributed by atoms with Crippen LogP contribution in [0.1, 0.15) is 79.1 Å². The van der Waals surface area contributed by atoms with Crippen LogP contribution < -0.4 is 10.1 Å². The standard InChI is InChI=1S/C22H34N2O4S.2CH4/c1-28-20-13-9-14-21(16-20)29(26,27)24-15-8-7-12-19(24)17-23-22(25)18-10-5-3-2-4-6-11-18;;/h9,13-14,16,18-19H,2-8,10-12,15,17H2,1H3,(H,23,25);2*1H4. The second-order valence-electron chi connectivity index (χ2n) is 8.23. The molecule has 0 aromatic heterocycles. The molecule has 1 atom stereocenters. The molecule has 2 aliphatic rings. The molecular weight excluding hydrogens is 412 g/mol. The first-order valence-electron chi connectivity index (χ1n) is 11.0. The van der Waals surface area contributed by atoms with E-state index >= 15 is 0 Å². The molecule has 31 heavy (non-hydrogen) atoms. The number of methoxy groups -OCH3 is 1. The molecule has 1 heterocycles. The Labute approximate surface area is 189 Å². The number of rotatable bonds is 6. The van der Waals surface area contributed by atoms with Gasteiger partial charge in [0, 0.05) is 31.1 Å². The van der Waals surface area contributed by atoms with Gasteiger partial charge in [-0.2, -0.15) is 4.31 Å². The number of amides is 1. The molecule has 1 aromatic rings. The third-order valence-corrected chi connectivity index (χ3v) is 8.16. The van der Waals surface area contributed by atoms with Crippen LogP contribution in [-0.2, 0) is 14.8 Å². The van der Waals surface area contributed by atoms with Crippen LogP contribution in [0.5, 0.6) is 5.75 Å². The van der Waals surface area contributed by atoms with Crippen LogP contribution in [0.4, 0.5) is 0 Å². The second-order valence-corrected chi connectivity index (χ2v) is 10.1. The lowest BCUT2D eigenvalue weighted by atomic mass is 9.90. The lowest BCUT2D eigenvalue weighted by molar-refractivity contribution is -0.125. The van der Waals surface area contributed by atoms with Gasteiger partial charge in [0.1, 0.15) is 5.75 Å². The van der Waals surface area contributed by atoms with Crippen molar-refractivity contribution in [2.24, 2.45) is 5.92 Å². The smallest absolute Gasteiger partial charge is 0.243 e. The SMILES string of the molecule is C.C.COc1cccc(S(=O)(=O)N2CCCCC2CNC(=O)C2CCCCCCC2)c1. The molecule has 1 saturated carbocycles. The van der Waals surface area contributed by atoms with Gasteiger partial charge in [0.25, 0.3) is 0 Å². The largest absolute Gasteiger partial charge is 0.497 e. The Kier molecular flexibility index (Phi) is 11.6. The van der Waals surface area contributed by atoms with Gasteiger partial charge in [0.2, 0.25) is 15.9 Å². The summed E-state index contributed by atoms with van der Waals surface area (Å²) in [6.07, 6.45) is 10.4. The first kappa shape index (κ1) is 27.4. The Morgan fingerprint density at radius 1 is 1.03 bits per heavy atom. The summed E-state index contributed by atoms with van der Waals surface area (Å²) in [4.78, 5) is 13.0. The number of hydrogen-bond acceptors (Lipinski definition) is 4. The van der Waals surface area contributed by atoms with Crippen molar-refractivity contribution in [2.45, 2.75) is 90.0 Å². The van der Waals surface area contributed by atoms with Crippen LogP contribution in [0.3, 0.4) is 0 Å². The van der Waals surface area contributed by atoms with Crippen LogP contribution in [0.15, 0.2) is 29.2 Å². The highest BCUT2D eigenvalue weighted by atomic mass is 32.2. The van der Waals surface area contributed by atoms with E-state index in [0.29, 0.717) is 18.8 Å². The van der Waals surface area contributed by atoms with Gasteiger partial charge >= 0.3 is 0 Å². The van der Waals surface area contributed by atoms with Gasteiger partial charge in [0.15, 0.2) is 0 Å². The van der Waals surface area contributed by atoms with Crippen molar-refractivity contribution in [2.75, 3.05) is 20.2 Å². The monoisotopic (exact) mass is 454 g/mol. The molecular formula is C24H42N2O4S. The van der Waals surface area contributed by atoms with Crippen LogP contribution in [0.2, 0.25) is 0 Å². The summed E-state index contributed by atoms with van der Waals surface area (Å²) < 4.78 is 33.3. The number of piperidine rings is 1. The summed E-state index contributed by atoms with van der Waals surface area (Å²) in [6, 6.07) is 6.41. The van der Waals surface area contributed by atoms with E-state index in [1.807, 2.05) is 0 Å². The number of carbonyl (C=O) groups is 1. The lowest BCUT2D eigenvalue weighted by Crippen LogP contribution is -2.50. The first-order chi connectivity index (χ1) is 14.0. The van der Waals surface area contributed by atoms with Gasteiger partial charge in [-0.1, -0.05) is 59.4 Å². The van der Waals surface area contributed by atoms with E-state index in [2.05, 4.69) is 5.32 Å². The first-order valence-corrected chi connectivity index (χ1v) is 12.4. The zero-order valence-corrected chi connectivity index (χ0v) is 18.3. The molecule has 1 amide bonds. The van der Waals surface area contributed by atoms with Gasteiger partial charge in [-0.3, -0.25) is 4.79 Å². The minimum Gasteiger partial charge on any atom is -0.497 e. The maximum atomic E-state index is 13.3. The fourth-order valence-corrected chi connectivity index (χ4v) is 6.20. The van der Waals surface area contributed by atoms with E-state index in [1.54, 1.807) is 28.6 Å². The van der Waals surface area contributed by atoms with E-state index in [9.17, 15) is 13.2 Å². The molecule has 1 N–H and O–H groups in total. The predicted molar refractivity (Wildman–Crippen MR) is 127 cm³/mol. The molecule has 7 heteroatoms. The molecule has 2 fully saturated rings. The molecule has 1 aliphatic heterocycles. The topological polar surface area (TPSA) is 75.7 Å². The van der Waals surface area contributed by atoms with Crippen molar-refractivity contribution in [3.8, 4) is 5.75 Å². The Hall–Kier alpha value is -1.60. The van der Waals surface area contributed by atoms with Crippen molar-refractivity contribution in [1.82, 2.24) is 9.62 Å². The van der Waals surface area contributed by atoms with Crippen molar-refractivity contribution < 1.29 is 17.9 Å². The van der Waals surface area contributed by atoms with E-state index in [1.165, 1.54) is 26.4 Å².